The van der Waals surface area contributed by atoms with Crippen LogP contribution < -0.4 is 0 Å². The van der Waals surface area contributed by atoms with Crippen molar-refractivity contribution in [2.24, 2.45) is 10.2 Å². The molecule has 132 valence electrons. The lowest BCUT2D eigenvalue weighted by atomic mass is 10.2. The van der Waals surface area contributed by atoms with Gasteiger partial charge in [0.05, 0.1) is 10.6 Å². The van der Waals surface area contributed by atoms with E-state index in [1.165, 1.54) is 16.4 Å². The summed E-state index contributed by atoms with van der Waals surface area (Å²) in [5.41, 5.74) is 1.55. The number of benzene rings is 2. The fourth-order valence-corrected chi connectivity index (χ4v) is 4.75. The van der Waals surface area contributed by atoms with Crippen LogP contribution in [0.1, 0.15) is 18.4 Å². The van der Waals surface area contributed by atoms with E-state index in [0.717, 1.165) is 17.3 Å². The second-order valence-electron chi connectivity index (χ2n) is 5.90. The number of phenolic OH excluding ortho intramolecular Hbond substituents is 1. The van der Waals surface area contributed by atoms with E-state index in [4.69, 9.17) is 0 Å². The minimum Gasteiger partial charge on any atom is -0.505 e. The number of hydrogen-bond donors (Lipinski definition) is 1. The highest BCUT2D eigenvalue weighted by Gasteiger charge is 2.26. The second kappa shape index (κ2) is 7.23. The molecule has 25 heavy (non-hydrogen) atoms. The highest BCUT2D eigenvalue weighted by atomic mass is 79.9. The van der Waals surface area contributed by atoms with E-state index in [9.17, 15) is 13.5 Å². The monoisotopic (exact) mass is 423 g/mol. The van der Waals surface area contributed by atoms with Crippen LogP contribution in [0.4, 0.5) is 11.4 Å². The molecule has 3 rings (SSSR count). The summed E-state index contributed by atoms with van der Waals surface area (Å²) in [7, 11) is -3.43. The first-order valence-corrected chi connectivity index (χ1v) is 10.1. The summed E-state index contributed by atoms with van der Waals surface area (Å²) in [5.74, 6) is 0.0696. The first-order chi connectivity index (χ1) is 11.9. The third-order valence-corrected chi connectivity index (χ3v) is 6.43. The van der Waals surface area contributed by atoms with Gasteiger partial charge < -0.3 is 5.11 Å². The maximum atomic E-state index is 12.5. The van der Waals surface area contributed by atoms with Crippen molar-refractivity contribution in [2.75, 3.05) is 13.1 Å². The predicted octanol–water partition coefficient (Wildman–Crippen LogP) is 4.66. The predicted molar refractivity (Wildman–Crippen MR) is 99.2 cm³/mol. The van der Waals surface area contributed by atoms with Gasteiger partial charge in [0.1, 0.15) is 11.4 Å². The summed E-state index contributed by atoms with van der Waals surface area (Å²) in [6, 6.07) is 9.73. The average Bonchev–Trinajstić information content (AvgIpc) is 3.12. The number of sulfonamides is 1. The topological polar surface area (TPSA) is 82.3 Å². The van der Waals surface area contributed by atoms with Crippen LogP contribution in [0.3, 0.4) is 0 Å². The molecule has 0 unspecified atom stereocenters. The van der Waals surface area contributed by atoms with Crippen LogP contribution in [-0.2, 0) is 10.0 Å². The first kappa shape index (κ1) is 18.0. The number of aryl methyl sites for hydroxylation is 1. The molecule has 1 saturated heterocycles. The van der Waals surface area contributed by atoms with Crippen LogP contribution in [0.2, 0.25) is 0 Å². The van der Waals surface area contributed by atoms with Crippen molar-refractivity contribution in [1.29, 1.82) is 0 Å². The van der Waals surface area contributed by atoms with Crippen LogP contribution in [-0.4, -0.2) is 30.9 Å². The zero-order valence-corrected chi connectivity index (χ0v) is 16.1. The molecule has 6 nitrogen and oxygen atoms in total. The number of aromatic hydroxyl groups is 1. The number of hydrogen-bond acceptors (Lipinski definition) is 5. The average molecular weight is 424 g/mol. The van der Waals surface area contributed by atoms with Crippen molar-refractivity contribution in [1.82, 2.24) is 4.31 Å². The zero-order valence-electron chi connectivity index (χ0n) is 13.7. The molecule has 0 bridgehead atoms. The molecule has 1 aliphatic rings. The molecule has 0 spiro atoms. The van der Waals surface area contributed by atoms with E-state index in [2.05, 4.69) is 26.2 Å². The number of rotatable bonds is 4. The number of phenols is 1. The Labute approximate surface area is 155 Å². The van der Waals surface area contributed by atoms with E-state index in [-0.39, 0.29) is 10.6 Å². The molecule has 2 aromatic rings. The smallest absolute Gasteiger partial charge is 0.243 e. The maximum Gasteiger partial charge on any atom is 0.243 e. The van der Waals surface area contributed by atoms with E-state index in [1.807, 2.05) is 0 Å². The fraction of sp³-hybridized carbons (Fsp3) is 0.294. The van der Waals surface area contributed by atoms with Crippen molar-refractivity contribution in [2.45, 2.75) is 24.7 Å². The Morgan fingerprint density at radius 3 is 2.36 bits per heavy atom. The lowest BCUT2D eigenvalue weighted by Crippen LogP contribution is -2.27. The van der Waals surface area contributed by atoms with Crippen LogP contribution in [0.25, 0.3) is 0 Å². The maximum absolute atomic E-state index is 12.5. The van der Waals surface area contributed by atoms with Gasteiger partial charge >= 0.3 is 0 Å². The Morgan fingerprint density at radius 1 is 1.08 bits per heavy atom. The number of azo groups is 1. The van der Waals surface area contributed by atoms with E-state index in [1.54, 1.807) is 31.2 Å². The van der Waals surface area contributed by atoms with Gasteiger partial charge in [-0.3, -0.25) is 0 Å². The van der Waals surface area contributed by atoms with E-state index < -0.39 is 10.0 Å². The number of halogens is 1. The van der Waals surface area contributed by atoms with Gasteiger partial charge in [-0.25, -0.2) is 8.42 Å². The van der Waals surface area contributed by atoms with Crippen molar-refractivity contribution >= 4 is 37.3 Å². The summed E-state index contributed by atoms with van der Waals surface area (Å²) in [5, 5.41) is 18.1. The van der Waals surface area contributed by atoms with Crippen molar-refractivity contribution in [3.05, 3.63) is 46.4 Å². The van der Waals surface area contributed by atoms with E-state index in [0.29, 0.717) is 30.0 Å². The van der Waals surface area contributed by atoms with E-state index >= 15 is 0 Å². The normalized spacial score (nSPS) is 15.9. The standard InChI is InChI=1S/C17H18BrN3O3S/c1-12-10-13(18)11-16(17(12)22)20-19-14-4-6-15(7-5-14)25(23,24)21-8-2-3-9-21/h4-7,10-11,22H,2-3,8-9H2,1H3. The van der Waals surface area contributed by atoms with Gasteiger partial charge in [0.2, 0.25) is 10.0 Å². The van der Waals surface area contributed by atoms with Gasteiger partial charge in [-0.1, -0.05) is 15.9 Å². The third kappa shape index (κ3) is 3.91. The molecule has 0 amide bonds. The molecule has 0 atom stereocenters. The Hall–Kier alpha value is -1.77. The van der Waals surface area contributed by atoms with Crippen LogP contribution in [0.5, 0.6) is 5.75 Å². The molecule has 0 aliphatic carbocycles. The van der Waals surface area contributed by atoms with Crippen LogP contribution in [0.15, 0.2) is 56.0 Å². The lowest BCUT2D eigenvalue weighted by Gasteiger charge is -2.15. The van der Waals surface area contributed by atoms with Gasteiger partial charge in [0.15, 0.2) is 0 Å². The third-order valence-electron chi connectivity index (χ3n) is 4.06. The minimum absolute atomic E-state index is 0.0696. The molecule has 1 fully saturated rings. The van der Waals surface area contributed by atoms with Crippen molar-refractivity contribution in [3.8, 4) is 5.75 Å². The first-order valence-electron chi connectivity index (χ1n) is 7.89. The summed E-state index contributed by atoms with van der Waals surface area (Å²) >= 11 is 3.35. The van der Waals surface area contributed by atoms with Gasteiger partial charge in [-0.2, -0.15) is 9.42 Å². The van der Waals surface area contributed by atoms with Crippen molar-refractivity contribution < 1.29 is 13.5 Å². The molecule has 1 N–H and O–H groups in total. The quantitative estimate of drug-likeness (QED) is 0.725. The minimum atomic E-state index is -3.43. The molecule has 0 saturated carbocycles. The summed E-state index contributed by atoms with van der Waals surface area (Å²) < 4.78 is 27.3. The number of nitrogens with zero attached hydrogens (tertiary/aromatic N) is 3. The largest absolute Gasteiger partial charge is 0.505 e. The Kier molecular flexibility index (Phi) is 5.21. The molecule has 0 radical (unpaired) electrons. The summed E-state index contributed by atoms with van der Waals surface area (Å²) in [6.45, 7) is 2.92. The van der Waals surface area contributed by atoms with Gasteiger partial charge in [0, 0.05) is 17.6 Å². The Morgan fingerprint density at radius 2 is 1.72 bits per heavy atom. The highest BCUT2D eigenvalue weighted by molar-refractivity contribution is 9.10. The zero-order chi connectivity index (χ0) is 18.0. The summed E-state index contributed by atoms with van der Waals surface area (Å²) in [6.07, 6.45) is 1.81. The lowest BCUT2D eigenvalue weighted by molar-refractivity contribution is 0.472. The molecule has 2 aromatic carbocycles. The molecular formula is C17H18BrN3O3S. The van der Waals surface area contributed by atoms with Gasteiger partial charge in [-0.05, 0) is 61.7 Å². The van der Waals surface area contributed by atoms with Gasteiger partial charge in [-0.15, -0.1) is 5.11 Å². The molecule has 8 heteroatoms. The molecular weight excluding hydrogens is 406 g/mol. The Bertz CT molecular complexity index is 905. The molecule has 1 aliphatic heterocycles. The Balaban J connectivity index is 1.81. The second-order valence-corrected chi connectivity index (χ2v) is 8.75. The van der Waals surface area contributed by atoms with Crippen LogP contribution in [0, 0.1) is 6.92 Å². The molecule has 0 aromatic heterocycles. The summed E-state index contributed by atoms with van der Waals surface area (Å²) in [4.78, 5) is 0.259. The molecule has 1 heterocycles. The highest BCUT2D eigenvalue weighted by Crippen LogP contribution is 2.34. The van der Waals surface area contributed by atoms with Crippen molar-refractivity contribution in [3.63, 3.8) is 0 Å². The fourth-order valence-electron chi connectivity index (χ4n) is 2.67. The van der Waals surface area contributed by atoms with Crippen LogP contribution >= 0.6 is 15.9 Å². The SMILES string of the molecule is Cc1cc(Br)cc(N=Nc2ccc(S(=O)(=O)N3CCCC3)cc2)c1O. The van der Waals surface area contributed by atoms with Gasteiger partial charge in [0.25, 0.3) is 0 Å².